The summed E-state index contributed by atoms with van der Waals surface area (Å²) in [7, 11) is 0. The van der Waals surface area contributed by atoms with Gasteiger partial charge in [0.15, 0.2) is 0 Å². The average molecular weight is 274 g/mol. The molecule has 0 amide bonds. The Morgan fingerprint density at radius 1 is 1.30 bits per heavy atom. The summed E-state index contributed by atoms with van der Waals surface area (Å²) in [5.74, 6) is 0.686. The third kappa shape index (κ3) is 3.72. The van der Waals surface area contributed by atoms with Gasteiger partial charge in [-0.3, -0.25) is 4.90 Å². The molecule has 0 spiro atoms. The fraction of sp³-hybridized carbons (Fsp3) is 0.562. The van der Waals surface area contributed by atoms with Crippen molar-refractivity contribution >= 4 is 0 Å². The number of nitrogens with zero attached hydrogens (tertiary/aromatic N) is 2. The van der Waals surface area contributed by atoms with Crippen LogP contribution in [0.5, 0.6) is 5.75 Å². The van der Waals surface area contributed by atoms with Crippen molar-refractivity contribution in [3.05, 3.63) is 29.8 Å². The second-order valence-electron chi connectivity index (χ2n) is 5.57. The number of likely N-dealkylation sites (tertiary alicyclic amines) is 1. The molecule has 1 fully saturated rings. The van der Waals surface area contributed by atoms with E-state index in [1.165, 1.54) is 12.8 Å². The Morgan fingerprint density at radius 2 is 1.90 bits per heavy atom. The van der Waals surface area contributed by atoms with Crippen LogP contribution in [0.15, 0.2) is 24.3 Å². The van der Waals surface area contributed by atoms with Gasteiger partial charge in [0.2, 0.25) is 0 Å². The van der Waals surface area contributed by atoms with Gasteiger partial charge in [-0.2, -0.15) is 5.26 Å². The molecule has 1 heterocycles. The summed E-state index contributed by atoms with van der Waals surface area (Å²) in [6, 6.07) is 10.1. The van der Waals surface area contributed by atoms with Gasteiger partial charge in [-0.25, -0.2) is 0 Å². The monoisotopic (exact) mass is 274 g/mol. The molecule has 3 atom stereocenters. The number of aliphatic hydroxyl groups excluding tert-OH is 1. The predicted octanol–water partition coefficient (Wildman–Crippen LogP) is 2.17. The summed E-state index contributed by atoms with van der Waals surface area (Å²) < 4.78 is 5.56. The maximum Gasteiger partial charge on any atom is 0.119 e. The Hall–Kier alpha value is -1.57. The molecule has 108 valence electrons. The highest BCUT2D eigenvalue weighted by molar-refractivity contribution is 5.34. The largest absolute Gasteiger partial charge is 0.491 e. The number of aliphatic hydroxyl groups is 1. The second-order valence-corrected chi connectivity index (χ2v) is 5.57. The zero-order valence-corrected chi connectivity index (χ0v) is 12.1. The molecule has 4 nitrogen and oxygen atoms in total. The molecule has 2 rings (SSSR count). The van der Waals surface area contributed by atoms with Gasteiger partial charge in [0.25, 0.3) is 0 Å². The molecular weight excluding hydrogens is 252 g/mol. The first-order valence-electron chi connectivity index (χ1n) is 7.17. The Morgan fingerprint density at radius 3 is 2.45 bits per heavy atom. The number of nitriles is 1. The summed E-state index contributed by atoms with van der Waals surface area (Å²) in [5, 5.41) is 18.8. The zero-order valence-electron chi connectivity index (χ0n) is 12.1. The van der Waals surface area contributed by atoms with Crippen LogP contribution in [0.3, 0.4) is 0 Å². The van der Waals surface area contributed by atoms with Gasteiger partial charge in [-0.05, 0) is 51.0 Å². The number of hydrogen-bond donors (Lipinski definition) is 1. The van der Waals surface area contributed by atoms with Crippen molar-refractivity contribution in [2.24, 2.45) is 0 Å². The molecule has 4 heteroatoms. The van der Waals surface area contributed by atoms with Crippen molar-refractivity contribution in [1.82, 2.24) is 4.90 Å². The van der Waals surface area contributed by atoms with Gasteiger partial charge < -0.3 is 9.84 Å². The van der Waals surface area contributed by atoms with E-state index in [9.17, 15) is 5.11 Å². The molecule has 1 aromatic carbocycles. The quantitative estimate of drug-likeness (QED) is 0.894. The van der Waals surface area contributed by atoms with Gasteiger partial charge in [0, 0.05) is 18.6 Å². The van der Waals surface area contributed by atoms with Crippen LogP contribution < -0.4 is 4.74 Å². The molecular formula is C16H22N2O2. The SMILES string of the molecule is CC1CCC(C)N1CC(O)COc1ccc(C#N)cc1. The first-order chi connectivity index (χ1) is 9.60. The van der Waals surface area contributed by atoms with Gasteiger partial charge in [0.05, 0.1) is 11.6 Å². The van der Waals surface area contributed by atoms with E-state index >= 15 is 0 Å². The van der Waals surface area contributed by atoms with Crippen molar-refractivity contribution in [3.63, 3.8) is 0 Å². The topological polar surface area (TPSA) is 56.5 Å². The summed E-state index contributed by atoms with van der Waals surface area (Å²) >= 11 is 0. The van der Waals surface area contributed by atoms with E-state index in [0.717, 1.165) is 0 Å². The van der Waals surface area contributed by atoms with E-state index in [4.69, 9.17) is 10.00 Å². The van der Waals surface area contributed by atoms with E-state index in [-0.39, 0.29) is 6.61 Å². The average Bonchev–Trinajstić information content (AvgIpc) is 2.77. The molecule has 0 bridgehead atoms. The van der Waals surface area contributed by atoms with Crippen molar-refractivity contribution in [2.75, 3.05) is 13.2 Å². The molecule has 3 unspecified atom stereocenters. The van der Waals surface area contributed by atoms with E-state index in [0.29, 0.717) is 29.9 Å². The van der Waals surface area contributed by atoms with Crippen LogP contribution in [0, 0.1) is 11.3 Å². The van der Waals surface area contributed by atoms with E-state index in [2.05, 4.69) is 24.8 Å². The first-order valence-corrected chi connectivity index (χ1v) is 7.17. The van der Waals surface area contributed by atoms with Crippen molar-refractivity contribution in [2.45, 2.75) is 44.9 Å². The number of ether oxygens (including phenoxy) is 1. The smallest absolute Gasteiger partial charge is 0.119 e. The van der Waals surface area contributed by atoms with Crippen LogP contribution in [0.25, 0.3) is 0 Å². The second kappa shape index (κ2) is 6.74. The normalized spacial score (nSPS) is 24.3. The molecule has 0 aliphatic carbocycles. The minimum atomic E-state index is -0.492. The van der Waals surface area contributed by atoms with Crippen LogP contribution in [-0.2, 0) is 0 Å². The number of rotatable bonds is 5. The number of benzene rings is 1. The van der Waals surface area contributed by atoms with E-state index in [1.807, 2.05) is 0 Å². The number of hydrogen-bond acceptors (Lipinski definition) is 4. The lowest BCUT2D eigenvalue weighted by molar-refractivity contribution is 0.0546. The molecule has 1 aromatic rings. The molecule has 1 aliphatic rings. The minimum absolute atomic E-state index is 0.280. The Kier molecular flexibility index (Phi) is 4.99. The van der Waals surface area contributed by atoms with Gasteiger partial charge in [0.1, 0.15) is 18.5 Å². The molecule has 1 saturated heterocycles. The highest BCUT2D eigenvalue weighted by Gasteiger charge is 2.28. The molecule has 0 radical (unpaired) electrons. The third-order valence-electron chi connectivity index (χ3n) is 3.98. The van der Waals surface area contributed by atoms with Crippen molar-refractivity contribution < 1.29 is 9.84 Å². The van der Waals surface area contributed by atoms with E-state index < -0.39 is 6.10 Å². The lowest BCUT2D eigenvalue weighted by atomic mass is 10.2. The van der Waals surface area contributed by atoms with Crippen LogP contribution in [0.1, 0.15) is 32.3 Å². The molecule has 1 aliphatic heterocycles. The van der Waals surface area contributed by atoms with E-state index in [1.54, 1.807) is 24.3 Å². The Bertz CT molecular complexity index is 456. The summed E-state index contributed by atoms with van der Waals surface area (Å²) in [4.78, 5) is 2.34. The first kappa shape index (κ1) is 14.8. The molecule has 20 heavy (non-hydrogen) atoms. The number of β-amino-alcohol motifs (C(OH)–C–C–N with tert-alkyl or cyclic N) is 1. The van der Waals surface area contributed by atoms with Gasteiger partial charge >= 0.3 is 0 Å². The van der Waals surface area contributed by atoms with Crippen molar-refractivity contribution in [1.29, 1.82) is 5.26 Å². The van der Waals surface area contributed by atoms with Crippen LogP contribution in [0.2, 0.25) is 0 Å². The molecule has 1 N–H and O–H groups in total. The fourth-order valence-electron chi connectivity index (χ4n) is 2.72. The van der Waals surface area contributed by atoms with Crippen LogP contribution in [0.4, 0.5) is 0 Å². The lowest BCUT2D eigenvalue weighted by Gasteiger charge is -2.28. The highest BCUT2D eigenvalue weighted by Crippen LogP contribution is 2.23. The Balaban J connectivity index is 1.79. The standard InChI is InChI=1S/C16H22N2O2/c1-12-3-4-13(2)18(12)10-15(19)11-20-16-7-5-14(9-17)6-8-16/h5-8,12-13,15,19H,3-4,10-11H2,1-2H3. The molecule has 0 aromatic heterocycles. The fourth-order valence-corrected chi connectivity index (χ4v) is 2.72. The molecule has 0 saturated carbocycles. The maximum absolute atomic E-state index is 10.1. The van der Waals surface area contributed by atoms with Crippen molar-refractivity contribution in [3.8, 4) is 11.8 Å². The van der Waals surface area contributed by atoms with Gasteiger partial charge in [-0.15, -0.1) is 0 Å². The van der Waals surface area contributed by atoms with Crippen LogP contribution in [-0.4, -0.2) is 41.3 Å². The zero-order chi connectivity index (χ0) is 14.5. The Labute approximate surface area is 120 Å². The van der Waals surface area contributed by atoms with Gasteiger partial charge in [-0.1, -0.05) is 0 Å². The summed E-state index contributed by atoms with van der Waals surface area (Å²) in [6.45, 7) is 5.34. The third-order valence-corrected chi connectivity index (χ3v) is 3.98. The maximum atomic E-state index is 10.1. The summed E-state index contributed by atoms with van der Waals surface area (Å²) in [5.41, 5.74) is 0.609. The summed E-state index contributed by atoms with van der Waals surface area (Å²) in [6.07, 6.45) is 1.91. The predicted molar refractivity (Wildman–Crippen MR) is 77.5 cm³/mol. The lowest BCUT2D eigenvalue weighted by Crippen LogP contribution is -2.41. The highest BCUT2D eigenvalue weighted by atomic mass is 16.5. The van der Waals surface area contributed by atoms with Crippen LogP contribution >= 0.6 is 0 Å². The minimum Gasteiger partial charge on any atom is -0.491 e.